The minimum absolute atomic E-state index is 0.160. The third-order valence-electron chi connectivity index (χ3n) is 3.38. The molecule has 2 rings (SSSR count). The number of carbonyl (C=O) groups excluding carboxylic acids is 1. The maximum atomic E-state index is 10.8. The van der Waals surface area contributed by atoms with Crippen molar-refractivity contribution in [3.63, 3.8) is 0 Å². The maximum absolute atomic E-state index is 10.8. The summed E-state index contributed by atoms with van der Waals surface area (Å²) in [5.41, 5.74) is 13.4. The molecule has 0 bridgehead atoms. The van der Waals surface area contributed by atoms with Gasteiger partial charge in [0.05, 0.1) is 5.02 Å². The first-order chi connectivity index (χ1) is 11.3. The Hall–Kier alpha value is -2.78. The van der Waals surface area contributed by atoms with Crippen LogP contribution < -0.4 is 16.2 Å². The molecule has 0 saturated carbocycles. The van der Waals surface area contributed by atoms with Gasteiger partial charge in [0.1, 0.15) is 23.2 Å². The number of nitrogens with zero attached hydrogens (tertiary/aromatic N) is 2. The lowest BCUT2D eigenvalue weighted by Crippen LogP contribution is -2.20. The molecule has 0 aliphatic carbocycles. The third kappa shape index (κ3) is 3.76. The second kappa shape index (κ2) is 7.20. The Morgan fingerprint density at radius 3 is 2.67 bits per heavy atom. The van der Waals surface area contributed by atoms with Gasteiger partial charge in [-0.05, 0) is 29.7 Å². The number of nitrogen functional groups attached to an aromatic ring is 1. The van der Waals surface area contributed by atoms with Crippen molar-refractivity contribution in [2.45, 2.75) is 19.8 Å². The average Bonchev–Trinajstić information content (AvgIpc) is 2.52. The number of amides is 1. The maximum Gasteiger partial charge on any atom is 0.255 e. The van der Waals surface area contributed by atoms with Gasteiger partial charge in [-0.25, -0.2) is 4.98 Å². The molecule has 7 heteroatoms. The molecule has 1 amide bonds. The zero-order chi connectivity index (χ0) is 17.9. The number of benzene rings is 1. The van der Waals surface area contributed by atoms with Crippen LogP contribution in [0.1, 0.15) is 31.0 Å². The van der Waals surface area contributed by atoms with E-state index < -0.39 is 5.91 Å². The van der Waals surface area contributed by atoms with Crippen LogP contribution in [0.2, 0.25) is 5.02 Å². The standard InChI is InChI=1S/C17H17ClN4O2/c1-9(2)14-6-11(12(7-19)17(21)22-14)10-3-4-15(13(18)5-10)24-8-16(20)23/h3-6,9H,8H2,1-2H3,(H2,20,23)(H2,21,22). The number of hydrogen-bond acceptors (Lipinski definition) is 5. The van der Waals surface area contributed by atoms with Crippen LogP contribution in [0.3, 0.4) is 0 Å². The number of pyridine rings is 1. The van der Waals surface area contributed by atoms with Gasteiger partial charge in [-0.3, -0.25) is 4.79 Å². The van der Waals surface area contributed by atoms with Crippen LogP contribution in [0.15, 0.2) is 24.3 Å². The molecule has 1 aromatic heterocycles. The van der Waals surface area contributed by atoms with Gasteiger partial charge in [-0.1, -0.05) is 31.5 Å². The Kier molecular flexibility index (Phi) is 5.27. The fourth-order valence-corrected chi connectivity index (χ4v) is 2.40. The number of halogens is 1. The molecule has 24 heavy (non-hydrogen) atoms. The summed E-state index contributed by atoms with van der Waals surface area (Å²) in [6, 6.07) is 8.92. The van der Waals surface area contributed by atoms with E-state index in [1.165, 1.54) is 0 Å². The van der Waals surface area contributed by atoms with E-state index in [4.69, 9.17) is 27.8 Å². The molecule has 0 aliphatic heterocycles. The predicted molar refractivity (Wildman–Crippen MR) is 92.6 cm³/mol. The minimum atomic E-state index is -0.592. The molecule has 0 aliphatic rings. The smallest absolute Gasteiger partial charge is 0.255 e. The summed E-state index contributed by atoms with van der Waals surface area (Å²) in [7, 11) is 0. The molecule has 0 atom stereocenters. The molecular formula is C17H17ClN4O2. The summed E-state index contributed by atoms with van der Waals surface area (Å²) in [5, 5.41) is 9.68. The molecule has 0 spiro atoms. The number of hydrogen-bond donors (Lipinski definition) is 2. The van der Waals surface area contributed by atoms with E-state index in [0.29, 0.717) is 27.5 Å². The van der Waals surface area contributed by atoms with Crippen LogP contribution in [0.25, 0.3) is 11.1 Å². The second-order valence-corrected chi connectivity index (χ2v) is 5.93. The molecule has 124 valence electrons. The van der Waals surface area contributed by atoms with Crippen LogP contribution in [-0.2, 0) is 4.79 Å². The van der Waals surface area contributed by atoms with Crippen molar-refractivity contribution < 1.29 is 9.53 Å². The highest BCUT2D eigenvalue weighted by Gasteiger charge is 2.15. The van der Waals surface area contributed by atoms with Crippen LogP contribution in [0, 0.1) is 11.3 Å². The monoisotopic (exact) mass is 344 g/mol. The Morgan fingerprint density at radius 1 is 1.42 bits per heavy atom. The normalized spacial score (nSPS) is 10.5. The zero-order valence-corrected chi connectivity index (χ0v) is 14.1. The number of primary amides is 1. The summed E-state index contributed by atoms with van der Waals surface area (Å²) < 4.78 is 5.22. The van der Waals surface area contributed by atoms with Crippen molar-refractivity contribution in [2.24, 2.45) is 5.73 Å². The second-order valence-electron chi connectivity index (χ2n) is 5.52. The van der Waals surface area contributed by atoms with E-state index >= 15 is 0 Å². The number of rotatable bonds is 5. The zero-order valence-electron chi connectivity index (χ0n) is 13.3. The molecule has 1 heterocycles. The fourth-order valence-electron chi connectivity index (χ4n) is 2.16. The molecule has 1 aromatic carbocycles. The quantitative estimate of drug-likeness (QED) is 0.865. The van der Waals surface area contributed by atoms with E-state index in [1.807, 2.05) is 19.9 Å². The van der Waals surface area contributed by atoms with Gasteiger partial charge in [-0.2, -0.15) is 5.26 Å². The Labute approximate surface area is 145 Å². The number of anilines is 1. The summed E-state index contributed by atoms with van der Waals surface area (Å²) in [6.07, 6.45) is 0. The predicted octanol–water partition coefficient (Wildman–Crippen LogP) is 2.84. The van der Waals surface area contributed by atoms with Gasteiger partial charge >= 0.3 is 0 Å². The number of nitriles is 1. The van der Waals surface area contributed by atoms with Crippen LogP contribution in [-0.4, -0.2) is 17.5 Å². The van der Waals surface area contributed by atoms with Crippen molar-refractivity contribution >= 4 is 23.3 Å². The fraction of sp³-hybridized carbons (Fsp3) is 0.235. The van der Waals surface area contributed by atoms with Crippen molar-refractivity contribution in [1.82, 2.24) is 4.98 Å². The molecule has 0 radical (unpaired) electrons. The van der Waals surface area contributed by atoms with Crippen molar-refractivity contribution in [3.05, 3.63) is 40.5 Å². The Balaban J connectivity index is 2.50. The topological polar surface area (TPSA) is 115 Å². The summed E-state index contributed by atoms with van der Waals surface area (Å²) in [5.74, 6) is 0.0885. The van der Waals surface area contributed by atoms with Gasteiger partial charge in [-0.15, -0.1) is 0 Å². The highest BCUT2D eigenvalue weighted by molar-refractivity contribution is 6.32. The number of nitrogens with two attached hydrogens (primary N) is 2. The number of ether oxygens (including phenoxy) is 1. The minimum Gasteiger partial charge on any atom is -0.482 e. The Bertz CT molecular complexity index is 828. The van der Waals surface area contributed by atoms with Crippen molar-refractivity contribution in [2.75, 3.05) is 12.3 Å². The molecular weight excluding hydrogens is 328 g/mol. The van der Waals surface area contributed by atoms with E-state index in [0.717, 1.165) is 5.69 Å². The van der Waals surface area contributed by atoms with Gasteiger partial charge in [0.15, 0.2) is 6.61 Å². The first kappa shape index (κ1) is 17.6. The molecule has 0 fully saturated rings. The van der Waals surface area contributed by atoms with Crippen LogP contribution in [0.4, 0.5) is 5.82 Å². The lowest BCUT2D eigenvalue weighted by atomic mass is 9.97. The molecule has 4 N–H and O–H groups in total. The van der Waals surface area contributed by atoms with Crippen molar-refractivity contribution in [3.8, 4) is 22.9 Å². The van der Waals surface area contributed by atoms with Gasteiger partial charge in [0.2, 0.25) is 0 Å². The largest absolute Gasteiger partial charge is 0.482 e. The van der Waals surface area contributed by atoms with Crippen LogP contribution >= 0.6 is 11.6 Å². The van der Waals surface area contributed by atoms with Crippen LogP contribution in [0.5, 0.6) is 5.75 Å². The van der Waals surface area contributed by atoms with E-state index in [9.17, 15) is 10.1 Å². The van der Waals surface area contributed by atoms with E-state index in [2.05, 4.69) is 11.1 Å². The molecule has 2 aromatic rings. The molecule has 0 unspecified atom stereocenters. The van der Waals surface area contributed by atoms with E-state index in [-0.39, 0.29) is 18.3 Å². The number of aromatic nitrogens is 1. The lowest BCUT2D eigenvalue weighted by molar-refractivity contribution is -0.119. The summed E-state index contributed by atoms with van der Waals surface area (Å²) in [6.45, 7) is 3.72. The SMILES string of the molecule is CC(C)c1cc(-c2ccc(OCC(N)=O)c(Cl)c2)c(C#N)c(N)n1. The van der Waals surface area contributed by atoms with E-state index in [1.54, 1.807) is 18.2 Å². The highest BCUT2D eigenvalue weighted by atomic mass is 35.5. The molecule has 0 saturated heterocycles. The van der Waals surface area contributed by atoms with Gasteiger partial charge in [0, 0.05) is 11.3 Å². The highest BCUT2D eigenvalue weighted by Crippen LogP contribution is 2.34. The first-order valence-corrected chi connectivity index (χ1v) is 7.62. The van der Waals surface area contributed by atoms with Gasteiger partial charge < -0.3 is 16.2 Å². The third-order valence-corrected chi connectivity index (χ3v) is 3.68. The summed E-state index contributed by atoms with van der Waals surface area (Å²) >= 11 is 6.19. The first-order valence-electron chi connectivity index (χ1n) is 7.25. The Morgan fingerprint density at radius 2 is 2.12 bits per heavy atom. The number of carbonyl (C=O) groups is 1. The van der Waals surface area contributed by atoms with Gasteiger partial charge in [0.25, 0.3) is 5.91 Å². The molecule has 6 nitrogen and oxygen atoms in total. The van der Waals surface area contributed by atoms with Crippen molar-refractivity contribution in [1.29, 1.82) is 5.26 Å². The lowest BCUT2D eigenvalue weighted by Gasteiger charge is -2.13. The average molecular weight is 345 g/mol. The summed E-state index contributed by atoms with van der Waals surface area (Å²) in [4.78, 5) is 15.1.